The number of hydrogen-bond donors (Lipinski definition) is 2. The summed E-state index contributed by atoms with van der Waals surface area (Å²) < 4.78 is 13.6. The Labute approximate surface area is 93.0 Å². The normalized spacial score (nSPS) is 12.7. The summed E-state index contributed by atoms with van der Waals surface area (Å²) in [5, 5.41) is 13.2. The van der Waals surface area contributed by atoms with Crippen LogP contribution >= 0.6 is 15.9 Å². The average molecular weight is 272 g/mol. The highest BCUT2D eigenvalue weighted by Crippen LogP contribution is 2.21. The molecule has 1 aromatic carbocycles. The number of benzene rings is 1. The van der Waals surface area contributed by atoms with Crippen molar-refractivity contribution in [3.05, 3.63) is 39.9 Å². The maximum atomic E-state index is 13.2. The van der Waals surface area contributed by atoms with Gasteiger partial charge in [0.25, 0.3) is 0 Å². The number of nitrogens with one attached hydrogen (secondary N) is 1. The van der Waals surface area contributed by atoms with Gasteiger partial charge in [-0.3, -0.25) is 0 Å². The highest BCUT2D eigenvalue weighted by Gasteiger charge is 2.14. The Bertz CT molecular complexity index is 458. The molecule has 0 saturated carbocycles. The summed E-state index contributed by atoms with van der Waals surface area (Å²) in [6, 6.07) is 4.05. The van der Waals surface area contributed by atoms with Gasteiger partial charge in [0.2, 0.25) is 0 Å². The molecule has 2 aromatic rings. The quantitative estimate of drug-likeness (QED) is 0.859. The number of hydrogen-bond acceptors (Lipinski definition) is 4. The van der Waals surface area contributed by atoms with Crippen LogP contribution in [-0.4, -0.2) is 20.6 Å². The van der Waals surface area contributed by atoms with Crippen LogP contribution in [0.5, 0.6) is 0 Å². The second kappa shape index (κ2) is 4.03. The highest BCUT2D eigenvalue weighted by molar-refractivity contribution is 9.10. The third-order valence-corrected chi connectivity index (χ3v) is 2.59. The molecule has 0 spiro atoms. The zero-order chi connectivity index (χ0) is 10.8. The van der Waals surface area contributed by atoms with Gasteiger partial charge in [-0.15, -0.1) is 10.2 Å². The minimum absolute atomic E-state index is 0.330. The van der Waals surface area contributed by atoms with Crippen molar-refractivity contribution in [3.63, 3.8) is 0 Å². The van der Waals surface area contributed by atoms with Crippen LogP contribution in [0.25, 0.3) is 0 Å². The first-order chi connectivity index (χ1) is 7.18. The first kappa shape index (κ1) is 10.2. The SMILES string of the molecule is NC(c1ccc(Br)c(F)c1)c1nn[nH]n1. The van der Waals surface area contributed by atoms with E-state index in [1.54, 1.807) is 12.1 Å². The van der Waals surface area contributed by atoms with Gasteiger partial charge < -0.3 is 5.73 Å². The van der Waals surface area contributed by atoms with Crippen LogP contribution in [0.3, 0.4) is 0 Å². The van der Waals surface area contributed by atoms with E-state index in [1.807, 2.05) is 0 Å². The van der Waals surface area contributed by atoms with Crippen molar-refractivity contribution in [1.29, 1.82) is 0 Å². The lowest BCUT2D eigenvalue weighted by Gasteiger charge is -2.07. The Balaban J connectivity index is 2.34. The number of aromatic amines is 1. The van der Waals surface area contributed by atoms with Gasteiger partial charge in [-0.05, 0) is 33.6 Å². The molecule has 0 bridgehead atoms. The second-order valence-electron chi connectivity index (χ2n) is 2.92. The number of nitrogens with zero attached hydrogens (tertiary/aromatic N) is 3. The zero-order valence-electron chi connectivity index (χ0n) is 7.48. The fourth-order valence-corrected chi connectivity index (χ4v) is 1.40. The molecule has 0 saturated heterocycles. The molecule has 0 aliphatic carbocycles. The Hall–Kier alpha value is -1.34. The van der Waals surface area contributed by atoms with Crippen LogP contribution in [0.15, 0.2) is 22.7 Å². The maximum Gasteiger partial charge on any atom is 0.195 e. The van der Waals surface area contributed by atoms with E-state index in [4.69, 9.17) is 5.73 Å². The third kappa shape index (κ3) is 2.02. The van der Waals surface area contributed by atoms with Gasteiger partial charge in [-0.1, -0.05) is 11.3 Å². The predicted octanol–water partition coefficient (Wildman–Crippen LogP) is 1.15. The standard InChI is InChI=1S/C8H7BrFN5/c9-5-2-1-4(3-6(5)10)7(11)8-12-14-15-13-8/h1-3,7H,11H2,(H,12,13,14,15). The van der Waals surface area contributed by atoms with Gasteiger partial charge in [-0.2, -0.15) is 5.21 Å². The zero-order valence-corrected chi connectivity index (χ0v) is 9.07. The lowest BCUT2D eigenvalue weighted by Crippen LogP contribution is -2.14. The minimum atomic E-state index is -0.577. The first-order valence-corrected chi connectivity index (χ1v) is 4.91. The first-order valence-electron chi connectivity index (χ1n) is 4.12. The number of tetrazole rings is 1. The molecule has 7 heteroatoms. The Morgan fingerprint density at radius 3 is 2.87 bits per heavy atom. The molecule has 0 aliphatic rings. The number of nitrogens with two attached hydrogens (primary N) is 1. The van der Waals surface area contributed by atoms with E-state index < -0.39 is 6.04 Å². The molecule has 3 N–H and O–H groups in total. The topological polar surface area (TPSA) is 80.5 Å². The van der Waals surface area contributed by atoms with Crippen molar-refractivity contribution in [2.45, 2.75) is 6.04 Å². The summed E-state index contributed by atoms with van der Waals surface area (Å²) >= 11 is 3.06. The van der Waals surface area contributed by atoms with E-state index in [9.17, 15) is 4.39 Å². The molecule has 1 heterocycles. The Morgan fingerprint density at radius 1 is 1.47 bits per heavy atom. The summed E-state index contributed by atoms with van der Waals surface area (Å²) in [7, 11) is 0. The van der Waals surface area contributed by atoms with Crippen molar-refractivity contribution >= 4 is 15.9 Å². The Kier molecular flexibility index (Phi) is 2.74. The summed E-state index contributed by atoms with van der Waals surface area (Å²) in [5.41, 5.74) is 6.41. The van der Waals surface area contributed by atoms with Crippen LogP contribution in [0.1, 0.15) is 17.4 Å². The fraction of sp³-hybridized carbons (Fsp3) is 0.125. The highest BCUT2D eigenvalue weighted by atomic mass is 79.9. The lowest BCUT2D eigenvalue weighted by atomic mass is 10.1. The van der Waals surface area contributed by atoms with Gasteiger partial charge in [0.15, 0.2) is 5.82 Å². The van der Waals surface area contributed by atoms with Crippen LogP contribution in [0.2, 0.25) is 0 Å². The van der Waals surface area contributed by atoms with E-state index in [0.29, 0.717) is 15.9 Å². The number of aromatic nitrogens is 4. The fourth-order valence-electron chi connectivity index (χ4n) is 1.16. The largest absolute Gasteiger partial charge is 0.318 e. The summed E-state index contributed by atoms with van der Waals surface area (Å²) in [6.45, 7) is 0. The van der Waals surface area contributed by atoms with Crippen LogP contribution < -0.4 is 5.73 Å². The Morgan fingerprint density at radius 2 is 2.27 bits per heavy atom. The van der Waals surface area contributed by atoms with Crippen molar-refractivity contribution in [3.8, 4) is 0 Å². The molecule has 0 aliphatic heterocycles. The summed E-state index contributed by atoms with van der Waals surface area (Å²) in [4.78, 5) is 0. The van der Waals surface area contributed by atoms with Gasteiger partial charge in [-0.25, -0.2) is 4.39 Å². The molecule has 15 heavy (non-hydrogen) atoms. The van der Waals surface area contributed by atoms with Crippen molar-refractivity contribution in [2.75, 3.05) is 0 Å². The van der Waals surface area contributed by atoms with Gasteiger partial charge in [0.05, 0.1) is 10.5 Å². The second-order valence-corrected chi connectivity index (χ2v) is 3.78. The molecule has 1 unspecified atom stereocenters. The molecule has 78 valence electrons. The summed E-state index contributed by atoms with van der Waals surface area (Å²) in [6.07, 6.45) is 0. The predicted molar refractivity (Wildman–Crippen MR) is 54.3 cm³/mol. The molecule has 0 amide bonds. The third-order valence-electron chi connectivity index (χ3n) is 1.94. The van der Waals surface area contributed by atoms with E-state index in [1.165, 1.54) is 6.07 Å². The smallest absolute Gasteiger partial charge is 0.195 e. The van der Waals surface area contributed by atoms with Crippen LogP contribution in [-0.2, 0) is 0 Å². The van der Waals surface area contributed by atoms with Crippen molar-refractivity contribution in [2.24, 2.45) is 5.73 Å². The average Bonchev–Trinajstić information content (AvgIpc) is 2.74. The number of H-pyrrole nitrogens is 1. The molecular weight excluding hydrogens is 265 g/mol. The van der Waals surface area contributed by atoms with E-state index in [-0.39, 0.29) is 5.82 Å². The molecule has 2 rings (SSSR count). The van der Waals surface area contributed by atoms with Crippen LogP contribution in [0.4, 0.5) is 4.39 Å². The molecular formula is C8H7BrFN5. The van der Waals surface area contributed by atoms with Crippen molar-refractivity contribution < 1.29 is 4.39 Å². The number of halogens is 2. The van der Waals surface area contributed by atoms with E-state index >= 15 is 0 Å². The van der Waals surface area contributed by atoms with E-state index in [0.717, 1.165) is 0 Å². The maximum absolute atomic E-state index is 13.2. The van der Waals surface area contributed by atoms with Gasteiger partial charge in [0, 0.05) is 0 Å². The molecule has 0 fully saturated rings. The summed E-state index contributed by atoms with van der Waals surface area (Å²) in [5.74, 6) is -0.0387. The minimum Gasteiger partial charge on any atom is -0.318 e. The molecule has 5 nitrogen and oxygen atoms in total. The monoisotopic (exact) mass is 271 g/mol. The van der Waals surface area contributed by atoms with E-state index in [2.05, 4.69) is 36.6 Å². The van der Waals surface area contributed by atoms with Crippen LogP contribution in [0, 0.1) is 5.82 Å². The molecule has 0 radical (unpaired) electrons. The molecule has 1 atom stereocenters. The lowest BCUT2D eigenvalue weighted by molar-refractivity contribution is 0.615. The van der Waals surface area contributed by atoms with Crippen molar-refractivity contribution in [1.82, 2.24) is 20.6 Å². The van der Waals surface area contributed by atoms with Gasteiger partial charge in [0.1, 0.15) is 5.82 Å². The van der Waals surface area contributed by atoms with Gasteiger partial charge >= 0.3 is 0 Å². The molecule has 1 aromatic heterocycles. The number of rotatable bonds is 2.